The maximum Gasteiger partial charge on any atom is 0.224 e. The Morgan fingerprint density at radius 1 is 1.33 bits per heavy atom. The summed E-state index contributed by atoms with van der Waals surface area (Å²) in [6, 6.07) is 8.55. The molecule has 122 valence electrons. The van der Waals surface area contributed by atoms with Crippen molar-refractivity contribution in [3.05, 3.63) is 41.6 Å². The predicted octanol–water partition coefficient (Wildman–Crippen LogP) is 2.25. The number of benzene rings is 1. The molecule has 0 aliphatic heterocycles. The quantitative estimate of drug-likeness (QED) is 0.469. The number of Topliss-reactive ketones (excluding diaryl/α,β-unsaturated/α-hetero) is 1. The Morgan fingerprint density at radius 2 is 2.04 bits per heavy atom. The Bertz CT molecular complexity index is 799. The van der Waals surface area contributed by atoms with Gasteiger partial charge in [-0.15, -0.1) is 0 Å². The van der Waals surface area contributed by atoms with Crippen LogP contribution in [0.25, 0.3) is 0 Å². The average Bonchev–Trinajstić information content (AvgIpc) is 2.60. The van der Waals surface area contributed by atoms with Gasteiger partial charge in [0, 0.05) is 17.7 Å². The van der Waals surface area contributed by atoms with Gasteiger partial charge in [-0.2, -0.15) is 5.26 Å². The molecule has 1 amide bonds. The molecule has 1 heterocycles. The van der Waals surface area contributed by atoms with Crippen LogP contribution in [0.4, 0.5) is 11.5 Å². The van der Waals surface area contributed by atoms with Crippen LogP contribution in [-0.4, -0.2) is 27.4 Å². The third kappa shape index (κ3) is 4.54. The lowest BCUT2D eigenvalue weighted by atomic mass is 10.1. The van der Waals surface area contributed by atoms with Crippen molar-refractivity contribution in [1.29, 1.82) is 5.26 Å². The number of carbonyl (C=O) groups excluding carboxylic acids is 2. The second kappa shape index (κ2) is 8.08. The standard InChI is InChI=1S/C16H15N5O2S/c1-2-14(23)20-12-5-3-10(4-6-12)13(22)9-24-16-19-8-11(7-17)15(18)21-16/h3-6,8H,2,9H2,1H3,(H,20,23)(H2,18,19,21). The molecule has 2 aromatic rings. The maximum absolute atomic E-state index is 12.2. The maximum atomic E-state index is 12.2. The molecule has 0 bridgehead atoms. The minimum atomic E-state index is -0.0973. The molecule has 1 aromatic carbocycles. The van der Waals surface area contributed by atoms with E-state index < -0.39 is 0 Å². The number of nitrogen functional groups attached to an aromatic ring is 1. The Hall–Kier alpha value is -2.92. The second-order valence-corrected chi connectivity index (χ2v) is 5.70. The fourth-order valence-electron chi connectivity index (χ4n) is 1.74. The normalized spacial score (nSPS) is 10.0. The zero-order valence-electron chi connectivity index (χ0n) is 12.9. The molecule has 0 atom stereocenters. The second-order valence-electron chi connectivity index (χ2n) is 4.75. The Morgan fingerprint density at radius 3 is 2.62 bits per heavy atom. The van der Waals surface area contributed by atoms with Crippen LogP contribution in [0, 0.1) is 11.3 Å². The van der Waals surface area contributed by atoms with Crippen LogP contribution in [0.2, 0.25) is 0 Å². The molecule has 0 aliphatic rings. The van der Waals surface area contributed by atoms with Crippen LogP contribution >= 0.6 is 11.8 Å². The first-order chi connectivity index (χ1) is 11.5. The highest BCUT2D eigenvalue weighted by Gasteiger charge is 2.10. The molecule has 0 radical (unpaired) electrons. The van der Waals surface area contributed by atoms with E-state index in [4.69, 9.17) is 11.0 Å². The predicted molar refractivity (Wildman–Crippen MR) is 91.6 cm³/mol. The van der Waals surface area contributed by atoms with Crippen molar-refractivity contribution in [1.82, 2.24) is 9.97 Å². The molecule has 0 unspecified atom stereocenters. The molecule has 7 nitrogen and oxygen atoms in total. The van der Waals surface area contributed by atoms with Gasteiger partial charge in [0.15, 0.2) is 10.9 Å². The summed E-state index contributed by atoms with van der Waals surface area (Å²) < 4.78 is 0. The van der Waals surface area contributed by atoms with Gasteiger partial charge in [-0.25, -0.2) is 9.97 Å². The molecule has 3 N–H and O–H groups in total. The van der Waals surface area contributed by atoms with Gasteiger partial charge >= 0.3 is 0 Å². The summed E-state index contributed by atoms with van der Waals surface area (Å²) in [6.45, 7) is 1.77. The molecule has 0 fully saturated rings. The number of hydrogen-bond acceptors (Lipinski definition) is 7. The van der Waals surface area contributed by atoms with Crippen LogP contribution in [-0.2, 0) is 4.79 Å². The molecule has 0 spiro atoms. The topological polar surface area (TPSA) is 122 Å². The molecule has 0 saturated carbocycles. The highest BCUT2D eigenvalue weighted by Crippen LogP contribution is 2.18. The van der Waals surface area contributed by atoms with E-state index in [9.17, 15) is 9.59 Å². The minimum absolute atomic E-state index is 0.0832. The van der Waals surface area contributed by atoms with Crippen molar-refractivity contribution < 1.29 is 9.59 Å². The number of carbonyl (C=O) groups is 2. The SMILES string of the molecule is CCC(=O)Nc1ccc(C(=O)CSc2ncc(C#N)c(N)n2)cc1. The van der Waals surface area contributed by atoms with E-state index >= 15 is 0 Å². The Kier molecular flexibility index (Phi) is 5.87. The first-order valence-corrected chi connectivity index (χ1v) is 8.10. The first-order valence-electron chi connectivity index (χ1n) is 7.12. The third-order valence-corrected chi connectivity index (χ3v) is 3.92. The largest absolute Gasteiger partial charge is 0.382 e. The van der Waals surface area contributed by atoms with Crippen molar-refractivity contribution in [2.24, 2.45) is 0 Å². The number of aromatic nitrogens is 2. The molecule has 0 saturated heterocycles. The van der Waals surface area contributed by atoms with Crippen molar-refractivity contribution in [2.75, 3.05) is 16.8 Å². The van der Waals surface area contributed by atoms with Crippen molar-refractivity contribution in [3.63, 3.8) is 0 Å². The number of thioether (sulfide) groups is 1. The zero-order valence-corrected chi connectivity index (χ0v) is 13.8. The van der Waals surface area contributed by atoms with Crippen LogP contribution < -0.4 is 11.1 Å². The number of nitrogens with zero attached hydrogens (tertiary/aromatic N) is 3. The smallest absolute Gasteiger partial charge is 0.224 e. The molecule has 1 aromatic heterocycles. The summed E-state index contributed by atoms with van der Waals surface area (Å²) in [5.74, 6) is 0.0602. The lowest BCUT2D eigenvalue weighted by molar-refractivity contribution is -0.115. The number of rotatable bonds is 6. The van der Waals surface area contributed by atoms with Gasteiger partial charge in [-0.3, -0.25) is 9.59 Å². The Balaban J connectivity index is 1.96. The van der Waals surface area contributed by atoms with Crippen LogP contribution in [0.1, 0.15) is 29.3 Å². The highest BCUT2D eigenvalue weighted by molar-refractivity contribution is 7.99. The lowest BCUT2D eigenvalue weighted by Crippen LogP contribution is -2.10. The van der Waals surface area contributed by atoms with Crippen LogP contribution in [0.5, 0.6) is 0 Å². The minimum Gasteiger partial charge on any atom is -0.382 e. The monoisotopic (exact) mass is 341 g/mol. The van der Waals surface area contributed by atoms with Gasteiger partial charge in [0.1, 0.15) is 17.5 Å². The van der Waals surface area contributed by atoms with Gasteiger partial charge in [0.2, 0.25) is 5.91 Å². The summed E-state index contributed by atoms with van der Waals surface area (Å²) in [4.78, 5) is 31.4. The van der Waals surface area contributed by atoms with E-state index in [1.807, 2.05) is 6.07 Å². The van der Waals surface area contributed by atoms with Crippen molar-refractivity contribution in [2.45, 2.75) is 18.5 Å². The number of nitrogens with one attached hydrogen (secondary N) is 1. The van der Waals surface area contributed by atoms with E-state index in [0.717, 1.165) is 11.8 Å². The molecule has 8 heteroatoms. The molecule has 0 aliphatic carbocycles. The van der Waals surface area contributed by atoms with E-state index in [0.29, 0.717) is 22.8 Å². The molecular weight excluding hydrogens is 326 g/mol. The first kappa shape index (κ1) is 17.4. The molecule has 24 heavy (non-hydrogen) atoms. The Labute approximate surface area is 143 Å². The van der Waals surface area contributed by atoms with E-state index in [2.05, 4.69) is 15.3 Å². The number of hydrogen-bond donors (Lipinski definition) is 2. The van der Waals surface area contributed by atoms with Crippen molar-refractivity contribution in [3.8, 4) is 6.07 Å². The summed E-state index contributed by atoms with van der Waals surface area (Å²) in [5.41, 5.74) is 6.99. The summed E-state index contributed by atoms with van der Waals surface area (Å²) in [7, 11) is 0. The number of ketones is 1. The zero-order chi connectivity index (χ0) is 17.5. The number of anilines is 2. The fourth-order valence-corrected chi connectivity index (χ4v) is 2.45. The molecule has 2 rings (SSSR count). The van der Waals surface area contributed by atoms with Gasteiger partial charge in [0.25, 0.3) is 0 Å². The highest BCUT2D eigenvalue weighted by atomic mass is 32.2. The van der Waals surface area contributed by atoms with E-state index in [-0.39, 0.29) is 28.8 Å². The summed E-state index contributed by atoms with van der Waals surface area (Å²) in [5, 5.41) is 11.8. The number of amides is 1. The summed E-state index contributed by atoms with van der Waals surface area (Å²) >= 11 is 1.14. The van der Waals surface area contributed by atoms with Gasteiger partial charge in [-0.05, 0) is 24.3 Å². The average molecular weight is 341 g/mol. The van der Waals surface area contributed by atoms with Crippen molar-refractivity contribution >= 4 is 35.0 Å². The molecular formula is C16H15N5O2S. The lowest BCUT2D eigenvalue weighted by Gasteiger charge is -2.05. The third-order valence-electron chi connectivity index (χ3n) is 3.06. The van der Waals surface area contributed by atoms with E-state index in [1.54, 1.807) is 31.2 Å². The summed E-state index contributed by atoms with van der Waals surface area (Å²) in [6.07, 6.45) is 1.73. The van der Waals surface area contributed by atoms with E-state index in [1.165, 1.54) is 6.20 Å². The fraction of sp³-hybridized carbons (Fsp3) is 0.188. The van der Waals surface area contributed by atoms with Gasteiger partial charge in [-0.1, -0.05) is 18.7 Å². The van der Waals surface area contributed by atoms with Gasteiger partial charge in [0.05, 0.1) is 11.9 Å². The van der Waals surface area contributed by atoms with Crippen LogP contribution in [0.3, 0.4) is 0 Å². The number of nitriles is 1. The number of nitrogens with two attached hydrogens (primary N) is 1. The van der Waals surface area contributed by atoms with Crippen LogP contribution in [0.15, 0.2) is 35.6 Å². The van der Waals surface area contributed by atoms with Gasteiger partial charge < -0.3 is 11.1 Å².